The predicted molar refractivity (Wildman–Crippen MR) is 106 cm³/mol. The van der Waals surface area contributed by atoms with E-state index in [1.165, 1.54) is 0 Å². The molecule has 1 aromatic carbocycles. The molecule has 2 N–H and O–H groups in total. The van der Waals surface area contributed by atoms with Crippen LogP contribution in [0.2, 0.25) is 0 Å². The van der Waals surface area contributed by atoms with Crippen LogP contribution in [0.25, 0.3) is 10.9 Å². The van der Waals surface area contributed by atoms with Crippen LogP contribution in [0.15, 0.2) is 18.2 Å². The van der Waals surface area contributed by atoms with E-state index in [0.717, 1.165) is 31.1 Å². The highest BCUT2D eigenvalue weighted by molar-refractivity contribution is 5.91. The molecule has 2 fully saturated rings. The van der Waals surface area contributed by atoms with Gasteiger partial charge in [0.1, 0.15) is 11.6 Å². The molecule has 2 atom stereocenters. The molecule has 1 aromatic heterocycles. The standard InChI is InChI=1S/C20H26F2N4O3/c1-28-13-6-7-15-16(8-13)24-20(23-9-12-4-2-3-5-17(12)27)25-18(15)26-10-14(11-26)29-19(21)22/h6-8,12,14,17,19,27H,2-5,9-11H2,1H3,(H,23,24,25). The Balaban J connectivity index is 1.56. The molecule has 2 aromatic rings. The van der Waals surface area contributed by atoms with Crippen molar-refractivity contribution < 1.29 is 23.4 Å². The van der Waals surface area contributed by atoms with Crippen molar-refractivity contribution >= 4 is 22.7 Å². The summed E-state index contributed by atoms with van der Waals surface area (Å²) in [5, 5.41) is 14.3. The summed E-state index contributed by atoms with van der Waals surface area (Å²) in [5.74, 6) is 1.98. The zero-order valence-electron chi connectivity index (χ0n) is 16.4. The Hall–Kier alpha value is -2.26. The number of fused-ring (bicyclic) bond motifs is 1. The van der Waals surface area contributed by atoms with Crippen LogP contribution >= 0.6 is 0 Å². The lowest BCUT2D eigenvalue weighted by atomic mass is 9.86. The molecule has 9 heteroatoms. The van der Waals surface area contributed by atoms with Crippen LogP contribution in [0, 0.1) is 5.92 Å². The van der Waals surface area contributed by atoms with Gasteiger partial charge in [-0.15, -0.1) is 0 Å². The highest BCUT2D eigenvalue weighted by Crippen LogP contribution is 2.32. The molecular weight excluding hydrogens is 382 g/mol. The molecular formula is C20H26F2N4O3. The topological polar surface area (TPSA) is 79.7 Å². The predicted octanol–water partition coefficient (Wildman–Crippen LogP) is 3.03. The smallest absolute Gasteiger partial charge is 0.345 e. The fourth-order valence-electron chi connectivity index (χ4n) is 4.03. The fraction of sp³-hybridized carbons (Fsp3) is 0.600. The zero-order chi connectivity index (χ0) is 20.4. The number of hydrogen-bond donors (Lipinski definition) is 2. The Morgan fingerprint density at radius 2 is 2.03 bits per heavy atom. The van der Waals surface area contributed by atoms with Crippen molar-refractivity contribution in [3.05, 3.63) is 18.2 Å². The van der Waals surface area contributed by atoms with Gasteiger partial charge in [0, 0.05) is 37.0 Å². The minimum Gasteiger partial charge on any atom is -0.497 e. The molecule has 2 unspecified atom stereocenters. The third-order valence-corrected chi connectivity index (χ3v) is 5.72. The average molecular weight is 408 g/mol. The molecule has 0 amide bonds. The van der Waals surface area contributed by atoms with Gasteiger partial charge in [0.25, 0.3) is 0 Å². The van der Waals surface area contributed by atoms with Gasteiger partial charge in [0.05, 0.1) is 24.8 Å². The summed E-state index contributed by atoms with van der Waals surface area (Å²) in [4.78, 5) is 11.1. The summed E-state index contributed by atoms with van der Waals surface area (Å²) in [5.41, 5.74) is 0.708. The van der Waals surface area contributed by atoms with Gasteiger partial charge in [-0.3, -0.25) is 0 Å². The first-order chi connectivity index (χ1) is 14.0. The van der Waals surface area contributed by atoms with E-state index in [4.69, 9.17) is 4.74 Å². The van der Waals surface area contributed by atoms with Crippen molar-refractivity contribution in [2.45, 2.75) is 44.5 Å². The molecule has 1 aliphatic heterocycles. The van der Waals surface area contributed by atoms with Gasteiger partial charge in [0.2, 0.25) is 5.95 Å². The number of aliphatic hydroxyl groups excluding tert-OH is 1. The van der Waals surface area contributed by atoms with Crippen LogP contribution in [-0.2, 0) is 4.74 Å². The Kier molecular flexibility index (Phi) is 5.96. The molecule has 0 spiro atoms. The second-order valence-electron chi connectivity index (χ2n) is 7.67. The lowest BCUT2D eigenvalue weighted by molar-refractivity contribution is -0.167. The van der Waals surface area contributed by atoms with Crippen molar-refractivity contribution in [3.8, 4) is 5.75 Å². The summed E-state index contributed by atoms with van der Waals surface area (Å²) in [6, 6.07) is 5.53. The normalized spacial score (nSPS) is 22.7. The molecule has 0 radical (unpaired) electrons. The summed E-state index contributed by atoms with van der Waals surface area (Å²) in [7, 11) is 1.59. The molecule has 158 valence electrons. The Labute approximate surface area is 168 Å². The number of benzene rings is 1. The number of rotatable bonds is 7. The highest BCUT2D eigenvalue weighted by atomic mass is 19.3. The second kappa shape index (κ2) is 8.62. The van der Waals surface area contributed by atoms with Crippen LogP contribution in [0.3, 0.4) is 0 Å². The Bertz CT molecular complexity index is 848. The Morgan fingerprint density at radius 1 is 1.24 bits per heavy atom. The molecule has 2 heterocycles. The van der Waals surface area contributed by atoms with Gasteiger partial charge in [-0.05, 0) is 25.0 Å². The number of nitrogens with zero attached hydrogens (tertiary/aromatic N) is 3. The highest BCUT2D eigenvalue weighted by Gasteiger charge is 2.32. The first-order valence-corrected chi connectivity index (χ1v) is 10.00. The molecule has 4 rings (SSSR count). The lowest BCUT2D eigenvalue weighted by Gasteiger charge is -2.40. The lowest BCUT2D eigenvalue weighted by Crippen LogP contribution is -2.53. The fourth-order valence-corrected chi connectivity index (χ4v) is 4.03. The van der Waals surface area contributed by atoms with Gasteiger partial charge in [-0.2, -0.15) is 13.8 Å². The van der Waals surface area contributed by atoms with E-state index < -0.39 is 12.7 Å². The van der Waals surface area contributed by atoms with Crippen molar-refractivity contribution in [2.24, 2.45) is 5.92 Å². The number of hydrogen-bond acceptors (Lipinski definition) is 7. The number of nitrogens with one attached hydrogen (secondary N) is 1. The quantitative estimate of drug-likeness (QED) is 0.729. The average Bonchev–Trinajstić information content (AvgIpc) is 2.68. The minimum atomic E-state index is -2.77. The third-order valence-electron chi connectivity index (χ3n) is 5.72. The largest absolute Gasteiger partial charge is 0.497 e. The van der Waals surface area contributed by atoms with Crippen LogP contribution < -0.4 is 15.0 Å². The summed E-state index contributed by atoms with van der Waals surface area (Å²) in [6.07, 6.45) is 3.16. The zero-order valence-corrected chi connectivity index (χ0v) is 16.4. The number of methoxy groups -OCH3 is 1. The van der Waals surface area contributed by atoms with Gasteiger partial charge in [-0.1, -0.05) is 12.8 Å². The van der Waals surface area contributed by atoms with Gasteiger partial charge < -0.3 is 24.8 Å². The maximum absolute atomic E-state index is 12.4. The van der Waals surface area contributed by atoms with Crippen molar-refractivity contribution in [2.75, 3.05) is 37.0 Å². The number of alkyl halides is 2. The summed E-state index contributed by atoms with van der Waals surface area (Å²) >= 11 is 0. The number of anilines is 2. The van der Waals surface area contributed by atoms with Crippen LogP contribution in [0.1, 0.15) is 25.7 Å². The minimum absolute atomic E-state index is 0.171. The Morgan fingerprint density at radius 3 is 2.76 bits per heavy atom. The maximum atomic E-state index is 12.4. The molecule has 29 heavy (non-hydrogen) atoms. The number of aromatic nitrogens is 2. The van der Waals surface area contributed by atoms with Crippen molar-refractivity contribution in [1.29, 1.82) is 0 Å². The number of aliphatic hydroxyl groups is 1. The molecule has 1 saturated heterocycles. The van der Waals surface area contributed by atoms with E-state index in [0.29, 0.717) is 42.7 Å². The van der Waals surface area contributed by atoms with E-state index in [1.807, 2.05) is 23.1 Å². The molecule has 1 aliphatic carbocycles. The van der Waals surface area contributed by atoms with Crippen molar-refractivity contribution in [3.63, 3.8) is 0 Å². The second-order valence-corrected chi connectivity index (χ2v) is 7.67. The van der Waals surface area contributed by atoms with Gasteiger partial charge >= 0.3 is 6.61 Å². The van der Waals surface area contributed by atoms with Crippen LogP contribution in [0.5, 0.6) is 5.75 Å². The van der Waals surface area contributed by atoms with E-state index >= 15 is 0 Å². The van der Waals surface area contributed by atoms with E-state index in [1.54, 1.807) is 7.11 Å². The first-order valence-electron chi connectivity index (χ1n) is 10.00. The molecule has 2 aliphatic rings. The monoisotopic (exact) mass is 408 g/mol. The molecule has 7 nitrogen and oxygen atoms in total. The van der Waals surface area contributed by atoms with Crippen LogP contribution in [0.4, 0.5) is 20.5 Å². The summed E-state index contributed by atoms with van der Waals surface area (Å²) < 4.78 is 34.7. The van der Waals surface area contributed by atoms with E-state index in [-0.39, 0.29) is 12.0 Å². The SMILES string of the molecule is COc1ccc2c(N3CC(OC(F)F)C3)nc(NCC3CCCCC3O)nc2c1. The number of ether oxygens (including phenoxy) is 2. The number of halogens is 2. The summed E-state index contributed by atoms with van der Waals surface area (Å²) in [6.45, 7) is -1.48. The van der Waals surface area contributed by atoms with Gasteiger partial charge in [-0.25, -0.2) is 4.98 Å². The van der Waals surface area contributed by atoms with Crippen LogP contribution in [-0.4, -0.2) is 60.6 Å². The first kappa shape index (κ1) is 20.0. The van der Waals surface area contributed by atoms with E-state index in [9.17, 15) is 13.9 Å². The van der Waals surface area contributed by atoms with Crippen molar-refractivity contribution in [1.82, 2.24) is 9.97 Å². The molecule has 0 bridgehead atoms. The van der Waals surface area contributed by atoms with Gasteiger partial charge in [0.15, 0.2) is 0 Å². The molecule has 1 saturated carbocycles. The third kappa shape index (κ3) is 4.51. The maximum Gasteiger partial charge on any atom is 0.345 e. The van der Waals surface area contributed by atoms with E-state index in [2.05, 4.69) is 20.0 Å².